The molecule has 1 N–H and O–H groups in total. The average molecular weight is 425 g/mol. The van der Waals surface area contributed by atoms with E-state index in [0.717, 1.165) is 0 Å². The highest BCUT2D eigenvalue weighted by Gasteiger charge is 2.53. The highest BCUT2D eigenvalue weighted by atomic mass is 28.4. The van der Waals surface area contributed by atoms with E-state index >= 15 is 0 Å². The van der Waals surface area contributed by atoms with E-state index in [-0.39, 0.29) is 5.04 Å². The molecule has 1 heterocycles. The van der Waals surface area contributed by atoms with Crippen molar-refractivity contribution in [1.82, 2.24) is 0 Å². The van der Waals surface area contributed by atoms with Crippen LogP contribution in [0.1, 0.15) is 38.1 Å². The van der Waals surface area contributed by atoms with Gasteiger partial charge < -0.3 is 23.7 Å². The second-order valence-corrected chi connectivity index (χ2v) is 13.7. The van der Waals surface area contributed by atoms with Crippen LogP contribution < -0.4 is 0 Å². The van der Waals surface area contributed by atoms with Crippen LogP contribution in [0, 0.1) is 5.92 Å². The number of esters is 2. The van der Waals surface area contributed by atoms with E-state index in [4.69, 9.17) is 18.6 Å². The first-order chi connectivity index (χ1) is 13.4. The van der Waals surface area contributed by atoms with E-state index in [0.29, 0.717) is 5.56 Å². The molecule has 5 atom stereocenters. The van der Waals surface area contributed by atoms with Gasteiger partial charge in [0, 0.05) is 5.92 Å². The average Bonchev–Trinajstić information content (AvgIpc) is 2.66. The summed E-state index contributed by atoms with van der Waals surface area (Å²) in [7, 11) is -1.14. The molecule has 0 bridgehead atoms. The largest absolute Gasteiger partial charge is 0.467 e. The van der Waals surface area contributed by atoms with Crippen molar-refractivity contribution in [2.45, 2.75) is 70.4 Å². The lowest BCUT2D eigenvalue weighted by atomic mass is 9.92. The van der Waals surface area contributed by atoms with Gasteiger partial charge in [-0.25, -0.2) is 9.59 Å². The molecule has 0 aliphatic carbocycles. The molecule has 1 fully saturated rings. The summed E-state index contributed by atoms with van der Waals surface area (Å²) >= 11 is 0. The first kappa shape index (κ1) is 23.5. The van der Waals surface area contributed by atoms with E-state index in [1.54, 1.807) is 37.3 Å². The lowest BCUT2D eigenvalue weighted by molar-refractivity contribution is -0.257. The number of hydrogen-bond donors (Lipinski definition) is 1. The Labute approximate surface area is 173 Å². The molecule has 3 unspecified atom stereocenters. The molecule has 162 valence electrons. The van der Waals surface area contributed by atoms with Gasteiger partial charge in [-0.05, 0) is 30.3 Å². The molecule has 29 heavy (non-hydrogen) atoms. The van der Waals surface area contributed by atoms with Crippen molar-refractivity contribution >= 4 is 20.3 Å². The van der Waals surface area contributed by atoms with Crippen molar-refractivity contribution in [2.75, 3.05) is 7.11 Å². The Morgan fingerprint density at radius 2 is 1.69 bits per heavy atom. The molecule has 0 amide bonds. The third-order valence-electron chi connectivity index (χ3n) is 5.80. The number of aliphatic hydroxyl groups is 1. The fourth-order valence-electron chi connectivity index (χ4n) is 2.88. The van der Waals surface area contributed by atoms with Crippen LogP contribution in [-0.2, 0) is 23.4 Å². The highest BCUT2D eigenvalue weighted by molar-refractivity contribution is 6.74. The number of rotatable bonds is 5. The van der Waals surface area contributed by atoms with Crippen molar-refractivity contribution in [3.05, 3.63) is 35.9 Å². The number of methoxy groups -OCH3 is 1. The summed E-state index contributed by atoms with van der Waals surface area (Å²) in [5.41, 5.74) is 0.376. The Morgan fingerprint density at radius 3 is 2.21 bits per heavy atom. The Hall–Kier alpha value is -1.74. The van der Waals surface area contributed by atoms with Gasteiger partial charge in [0.15, 0.2) is 20.7 Å². The second kappa shape index (κ2) is 8.95. The van der Waals surface area contributed by atoms with E-state index < -0.39 is 50.8 Å². The number of hydrogen-bond acceptors (Lipinski definition) is 7. The third-order valence-corrected chi connectivity index (χ3v) is 10.3. The zero-order chi connectivity index (χ0) is 22.0. The predicted octanol–water partition coefficient (Wildman–Crippen LogP) is 3.13. The van der Waals surface area contributed by atoms with Crippen LogP contribution in [-0.4, -0.2) is 57.1 Å². The number of aliphatic hydroxyl groups excluding tert-OH is 1. The number of benzene rings is 1. The summed E-state index contributed by atoms with van der Waals surface area (Å²) in [5, 5.41) is 10.2. The maximum absolute atomic E-state index is 12.7. The highest BCUT2D eigenvalue weighted by Crippen LogP contribution is 2.40. The first-order valence-electron chi connectivity index (χ1n) is 9.74. The fraction of sp³-hybridized carbons (Fsp3) is 0.619. The molecule has 0 spiro atoms. The predicted molar refractivity (Wildman–Crippen MR) is 110 cm³/mol. The van der Waals surface area contributed by atoms with E-state index in [2.05, 4.69) is 20.8 Å². The lowest BCUT2D eigenvalue weighted by Crippen LogP contribution is -2.62. The summed E-state index contributed by atoms with van der Waals surface area (Å²) in [6.07, 6.45) is -4.28. The molecule has 1 aromatic carbocycles. The monoisotopic (exact) mass is 424 g/mol. The maximum atomic E-state index is 12.7. The van der Waals surface area contributed by atoms with Crippen LogP contribution in [0.2, 0.25) is 18.1 Å². The van der Waals surface area contributed by atoms with Crippen LogP contribution >= 0.6 is 0 Å². The van der Waals surface area contributed by atoms with Gasteiger partial charge in [0.1, 0.15) is 12.2 Å². The van der Waals surface area contributed by atoms with Gasteiger partial charge in [-0.1, -0.05) is 45.9 Å². The summed E-state index contributed by atoms with van der Waals surface area (Å²) in [4.78, 5) is 25.1. The third kappa shape index (κ3) is 5.25. The maximum Gasteiger partial charge on any atom is 0.338 e. The molecule has 0 radical (unpaired) electrons. The summed E-state index contributed by atoms with van der Waals surface area (Å²) in [5.74, 6) is -1.83. The minimum atomic E-state index is -2.38. The molecular formula is C21H32O7Si. The zero-order valence-electron chi connectivity index (χ0n) is 18.2. The van der Waals surface area contributed by atoms with Gasteiger partial charge in [-0.15, -0.1) is 0 Å². The summed E-state index contributed by atoms with van der Waals surface area (Å²) < 4.78 is 22.6. The van der Waals surface area contributed by atoms with Gasteiger partial charge in [0.2, 0.25) is 0 Å². The van der Waals surface area contributed by atoms with E-state index in [9.17, 15) is 14.7 Å². The van der Waals surface area contributed by atoms with Crippen molar-refractivity contribution in [3.63, 3.8) is 0 Å². The number of carbonyl (C=O) groups excluding carboxylic acids is 2. The fourth-order valence-corrected chi connectivity index (χ4v) is 4.17. The van der Waals surface area contributed by atoms with Crippen LogP contribution in [0.3, 0.4) is 0 Å². The molecule has 7 nitrogen and oxygen atoms in total. The molecule has 8 heteroatoms. The quantitative estimate of drug-likeness (QED) is 0.573. The van der Waals surface area contributed by atoms with Crippen LogP contribution in [0.4, 0.5) is 0 Å². The second-order valence-electron chi connectivity index (χ2n) is 8.91. The Morgan fingerprint density at radius 1 is 1.10 bits per heavy atom. The normalized spacial score (nSPS) is 27.9. The Kier molecular flexibility index (Phi) is 7.26. The van der Waals surface area contributed by atoms with Gasteiger partial charge in [-0.2, -0.15) is 0 Å². The molecule has 1 aromatic rings. The molecule has 2 rings (SSSR count). The number of ether oxygens (including phenoxy) is 3. The molecule has 1 aliphatic rings. The van der Waals surface area contributed by atoms with Crippen LogP contribution in [0.25, 0.3) is 0 Å². The van der Waals surface area contributed by atoms with Crippen molar-refractivity contribution < 1.29 is 33.3 Å². The molecule has 1 saturated heterocycles. The summed E-state index contributed by atoms with van der Waals surface area (Å²) in [6.45, 7) is 12.0. The van der Waals surface area contributed by atoms with Crippen molar-refractivity contribution in [1.29, 1.82) is 0 Å². The SMILES string of the molecule is COC(=O)C1OC(O)C(C)[C@@H](OC(=O)c2ccccc2)[C@H]1O[Si](C)(C)C(C)(C)C. The van der Waals surface area contributed by atoms with Crippen molar-refractivity contribution in [2.24, 2.45) is 5.92 Å². The summed E-state index contributed by atoms with van der Waals surface area (Å²) in [6, 6.07) is 8.56. The lowest BCUT2D eigenvalue weighted by Gasteiger charge is -2.47. The van der Waals surface area contributed by atoms with E-state index in [1.807, 2.05) is 13.1 Å². The number of carbonyl (C=O) groups is 2. The zero-order valence-corrected chi connectivity index (χ0v) is 19.2. The van der Waals surface area contributed by atoms with Gasteiger partial charge in [-0.3, -0.25) is 0 Å². The minimum absolute atomic E-state index is 0.152. The minimum Gasteiger partial charge on any atom is -0.467 e. The molecule has 0 aromatic heterocycles. The van der Waals surface area contributed by atoms with Crippen LogP contribution in [0.5, 0.6) is 0 Å². The van der Waals surface area contributed by atoms with E-state index in [1.165, 1.54) is 7.11 Å². The first-order valence-corrected chi connectivity index (χ1v) is 12.6. The topological polar surface area (TPSA) is 91.3 Å². The van der Waals surface area contributed by atoms with Crippen LogP contribution in [0.15, 0.2) is 30.3 Å². The van der Waals surface area contributed by atoms with Gasteiger partial charge in [0.05, 0.1) is 12.7 Å². The molecule has 0 saturated carbocycles. The van der Waals surface area contributed by atoms with Crippen molar-refractivity contribution in [3.8, 4) is 0 Å². The standard InChI is InChI=1S/C21H32O7Si/c1-13-15(26-19(23)14-11-9-8-10-12-14)16(28-29(6,7)21(2,3)4)17(20(24)25-5)27-18(13)22/h8-13,15-18,22H,1-7H3/t13?,15-,16-,17?,18?/m1/s1. The van der Waals surface area contributed by atoms with Gasteiger partial charge >= 0.3 is 11.9 Å². The van der Waals surface area contributed by atoms with Gasteiger partial charge in [0.25, 0.3) is 0 Å². The molecular weight excluding hydrogens is 392 g/mol. The molecule has 1 aliphatic heterocycles. The Balaban J connectivity index is 2.40. The Bertz CT molecular complexity index is 713. The smallest absolute Gasteiger partial charge is 0.338 e.